The molecule has 1 aromatic rings. The Bertz CT molecular complexity index is 492. The molecule has 126 valence electrons. The molecule has 0 aliphatic carbocycles. The summed E-state index contributed by atoms with van der Waals surface area (Å²) in [5.41, 5.74) is 0.993. The van der Waals surface area contributed by atoms with Gasteiger partial charge in [-0.25, -0.2) is 0 Å². The van der Waals surface area contributed by atoms with E-state index in [0.29, 0.717) is 12.5 Å². The molecule has 1 aromatic carbocycles. The van der Waals surface area contributed by atoms with E-state index in [1.165, 1.54) is 0 Å². The molecule has 0 radical (unpaired) electrons. The van der Waals surface area contributed by atoms with Crippen molar-refractivity contribution in [3.63, 3.8) is 0 Å². The van der Waals surface area contributed by atoms with Crippen LogP contribution in [-0.4, -0.2) is 12.6 Å². The minimum Gasteiger partial charge on any atom is -0.464 e. The average molecular weight is 315 g/mol. The van der Waals surface area contributed by atoms with Crippen LogP contribution in [-0.2, 0) is 9.53 Å². The first-order valence-corrected chi connectivity index (χ1v) is 8.75. The van der Waals surface area contributed by atoms with E-state index < -0.39 is 5.92 Å². The smallest absolute Gasteiger partial charge is 0.323 e. The highest BCUT2D eigenvalue weighted by atomic mass is 16.5. The second-order valence-electron chi connectivity index (χ2n) is 6.23. The molecule has 0 N–H and O–H groups in total. The lowest BCUT2D eigenvalue weighted by molar-refractivity contribution is -0.148. The monoisotopic (exact) mass is 315 g/mol. The highest BCUT2D eigenvalue weighted by Gasteiger charge is 2.28. The van der Waals surface area contributed by atoms with Crippen LogP contribution in [0.25, 0.3) is 0 Å². The summed E-state index contributed by atoms with van der Waals surface area (Å²) in [6.45, 7) is 6.66. The van der Waals surface area contributed by atoms with E-state index in [0.717, 1.165) is 37.7 Å². The van der Waals surface area contributed by atoms with Crippen LogP contribution < -0.4 is 0 Å². The van der Waals surface area contributed by atoms with Gasteiger partial charge in [0.2, 0.25) is 0 Å². The van der Waals surface area contributed by atoms with Gasteiger partial charge in [-0.2, -0.15) is 5.26 Å². The van der Waals surface area contributed by atoms with Crippen LogP contribution in [0.5, 0.6) is 0 Å². The lowest BCUT2D eigenvalue weighted by Crippen LogP contribution is -2.24. The second kappa shape index (κ2) is 10.8. The van der Waals surface area contributed by atoms with E-state index in [9.17, 15) is 10.1 Å². The maximum absolute atomic E-state index is 12.3. The maximum Gasteiger partial charge on any atom is 0.323 e. The third-order valence-electron chi connectivity index (χ3n) is 4.34. The molecule has 0 bridgehead atoms. The number of hydrogen-bond acceptors (Lipinski definition) is 3. The van der Waals surface area contributed by atoms with Gasteiger partial charge in [0.1, 0.15) is 0 Å². The number of esters is 1. The summed E-state index contributed by atoms with van der Waals surface area (Å²) in [5.74, 6) is -0.878. The molecular formula is C20H29NO2. The van der Waals surface area contributed by atoms with Gasteiger partial charge in [-0.3, -0.25) is 4.79 Å². The second-order valence-corrected chi connectivity index (χ2v) is 6.23. The number of ether oxygens (including phenoxy) is 1. The zero-order valence-electron chi connectivity index (χ0n) is 14.6. The molecule has 0 fully saturated rings. The Morgan fingerprint density at radius 3 is 2.43 bits per heavy atom. The average Bonchev–Trinajstić information content (AvgIpc) is 2.58. The highest BCUT2D eigenvalue weighted by molar-refractivity contribution is 5.76. The van der Waals surface area contributed by atoms with Crippen molar-refractivity contribution < 1.29 is 9.53 Å². The third-order valence-corrected chi connectivity index (χ3v) is 4.34. The topological polar surface area (TPSA) is 50.1 Å². The first-order chi connectivity index (χ1) is 11.1. The fraction of sp³-hybridized carbons (Fsp3) is 0.600. The van der Waals surface area contributed by atoms with Crippen LogP contribution in [0.2, 0.25) is 0 Å². The van der Waals surface area contributed by atoms with Gasteiger partial charge in [0.25, 0.3) is 0 Å². The first-order valence-electron chi connectivity index (χ1n) is 8.75. The predicted molar refractivity (Wildman–Crippen MR) is 92.8 cm³/mol. The number of unbranched alkanes of at least 4 members (excludes halogenated alkanes) is 1. The number of carbonyl (C=O) groups is 1. The van der Waals surface area contributed by atoms with E-state index in [-0.39, 0.29) is 11.9 Å². The van der Waals surface area contributed by atoms with Gasteiger partial charge >= 0.3 is 5.97 Å². The van der Waals surface area contributed by atoms with Crippen LogP contribution in [0, 0.1) is 23.2 Å². The molecule has 2 unspecified atom stereocenters. The first kappa shape index (κ1) is 19.2. The van der Waals surface area contributed by atoms with Gasteiger partial charge in [-0.15, -0.1) is 0 Å². The van der Waals surface area contributed by atoms with E-state index >= 15 is 0 Å². The van der Waals surface area contributed by atoms with E-state index in [4.69, 9.17) is 4.74 Å². The van der Waals surface area contributed by atoms with Crippen molar-refractivity contribution in [1.29, 1.82) is 5.26 Å². The number of rotatable bonds is 10. The Balaban J connectivity index is 2.61. The van der Waals surface area contributed by atoms with Gasteiger partial charge < -0.3 is 4.74 Å². The summed E-state index contributed by atoms with van der Waals surface area (Å²) in [6.07, 6.45) is 5.56. The van der Waals surface area contributed by atoms with Crippen molar-refractivity contribution in [1.82, 2.24) is 0 Å². The van der Waals surface area contributed by atoms with Crippen molar-refractivity contribution in [2.75, 3.05) is 6.61 Å². The number of carbonyl (C=O) groups excluding carboxylic acids is 1. The SMILES string of the molecule is CCCCC(CCC)COC(=O)C(C#N)[C@@H](C)c1ccccc1. The molecule has 0 aliphatic heterocycles. The molecule has 3 nitrogen and oxygen atoms in total. The quantitative estimate of drug-likeness (QED) is 0.566. The van der Waals surface area contributed by atoms with Gasteiger partial charge in [0, 0.05) is 5.92 Å². The van der Waals surface area contributed by atoms with Crippen molar-refractivity contribution >= 4 is 5.97 Å². The molecular weight excluding hydrogens is 286 g/mol. The summed E-state index contributed by atoms with van der Waals surface area (Å²) >= 11 is 0. The predicted octanol–water partition coefficient (Wildman–Crippen LogP) is 5.08. The van der Waals surface area contributed by atoms with Crippen LogP contribution in [0.3, 0.4) is 0 Å². The van der Waals surface area contributed by atoms with E-state index in [1.54, 1.807) is 0 Å². The molecule has 0 saturated heterocycles. The lowest BCUT2D eigenvalue weighted by Gasteiger charge is -2.20. The lowest BCUT2D eigenvalue weighted by atomic mass is 9.88. The summed E-state index contributed by atoms with van der Waals surface area (Å²) in [7, 11) is 0. The normalized spacial score (nSPS) is 14.5. The van der Waals surface area contributed by atoms with E-state index in [1.807, 2.05) is 37.3 Å². The van der Waals surface area contributed by atoms with Gasteiger partial charge in [-0.05, 0) is 24.3 Å². The number of benzene rings is 1. The molecule has 0 saturated carbocycles. The molecule has 3 atom stereocenters. The molecule has 0 aromatic heterocycles. The van der Waals surface area contributed by atoms with Crippen molar-refractivity contribution in [3.05, 3.63) is 35.9 Å². The van der Waals surface area contributed by atoms with E-state index in [2.05, 4.69) is 19.9 Å². The third kappa shape index (κ3) is 6.44. The fourth-order valence-corrected chi connectivity index (χ4v) is 2.82. The highest BCUT2D eigenvalue weighted by Crippen LogP contribution is 2.25. The minimum absolute atomic E-state index is 0.158. The standard InChI is InChI=1S/C20H29NO2/c1-4-6-11-17(10-5-2)15-23-20(22)19(14-21)16(3)18-12-8-7-9-13-18/h7-9,12-13,16-17,19H,4-6,10-11,15H2,1-3H3/t16-,17?,19?/m0/s1. The summed E-state index contributed by atoms with van der Waals surface area (Å²) < 4.78 is 5.49. The zero-order chi connectivity index (χ0) is 17.1. The largest absolute Gasteiger partial charge is 0.464 e. The molecule has 23 heavy (non-hydrogen) atoms. The van der Waals surface area contributed by atoms with Gasteiger partial charge in [-0.1, -0.05) is 70.4 Å². The molecule has 0 spiro atoms. The number of nitrogens with zero attached hydrogens (tertiary/aromatic N) is 1. The number of hydrogen-bond donors (Lipinski definition) is 0. The zero-order valence-corrected chi connectivity index (χ0v) is 14.6. The Morgan fingerprint density at radius 2 is 1.87 bits per heavy atom. The Labute approximate surface area is 140 Å². The summed E-state index contributed by atoms with van der Waals surface area (Å²) in [4.78, 5) is 12.3. The van der Waals surface area contributed by atoms with Crippen LogP contribution >= 0.6 is 0 Å². The Morgan fingerprint density at radius 1 is 1.17 bits per heavy atom. The van der Waals surface area contributed by atoms with Gasteiger partial charge in [0.05, 0.1) is 12.7 Å². The molecule has 3 heteroatoms. The van der Waals surface area contributed by atoms with Crippen molar-refractivity contribution in [2.24, 2.45) is 11.8 Å². The Kier molecular flexibility index (Phi) is 9.05. The van der Waals surface area contributed by atoms with Crippen LogP contribution in [0.4, 0.5) is 0 Å². The molecule has 0 heterocycles. The van der Waals surface area contributed by atoms with Gasteiger partial charge in [0.15, 0.2) is 5.92 Å². The molecule has 0 aliphatic rings. The summed E-state index contributed by atoms with van der Waals surface area (Å²) in [5, 5.41) is 9.39. The molecule has 1 rings (SSSR count). The van der Waals surface area contributed by atoms with Crippen LogP contribution in [0.1, 0.15) is 64.4 Å². The number of nitriles is 1. The Hall–Kier alpha value is -1.82. The summed E-state index contributed by atoms with van der Waals surface area (Å²) in [6, 6.07) is 11.8. The minimum atomic E-state index is -0.745. The van der Waals surface area contributed by atoms with Crippen molar-refractivity contribution in [3.8, 4) is 6.07 Å². The maximum atomic E-state index is 12.3. The van der Waals surface area contributed by atoms with Crippen LogP contribution in [0.15, 0.2) is 30.3 Å². The van der Waals surface area contributed by atoms with Crippen molar-refractivity contribution in [2.45, 2.75) is 58.8 Å². The fourth-order valence-electron chi connectivity index (χ4n) is 2.82. The molecule has 0 amide bonds.